The minimum absolute atomic E-state index is 0.198. The highest BCUT2D eigenvalue weighted by molar-refractivity contribution is 9.10. The molecule has 2 amide bonds. The maximum Gasteiger partial charge on any atom is 0.276 e. The molecule has 2 rings (SSSR count). The number of para-hydroxylation sites is 1. The van der Waals surface area contributed by atoms with Crippen molar-refractivity contribution in [2.45, 2.75) is 20.8 Å². The van der Waals surface area contributed by atoms with Gasteiger partial charge in [-0.25, -0.2) is 0 Å². The zero-order valence-corrected chi connectivity index (χ0v) is 16.5. The number of halogens is 1. The molecule has 0 heterocycles. The smallest absolute Gasteiger partial charge is 0.276 e. The highest BCUT2D eigenvalue weighted by atomic mass is 79.9. The molecule has 0 aliphatic rings. The van der Waals surface area contributed by atoms with Crippen LogP contribution in [0.25, 0.3) is 0 Å². The number of hydrazine groups is 1. The van der Waals surface area contributed by atoms with E-state index >= 15 is 0 Å². The van der Waals surface area contributed by atoms with Crippen LogP contribution in [0.15, 0.2) is 40.9 Å². The second-order valence-corrected chi connectivity index (χ2v) is 6.68. The third-order valence-electron chi connectivity index (χ3n) is 3.54. The molecular formula is C19H21BrN2O4. The summed E-state index contributed by atoms with van der Waals surface area (Å²) in [4.78, 5) is 23.6. The fourth-order valence-corrected chi connectivity index (χ4v) is 2.85. The van der Waals surface area contributed by atoms with Crippen molar-refractivity contribution in [1.29, 1.82) is 0 Å². The van der Waals surface area contributed by atoms with Gasteiger partial charge in [0.2, 0.25) is 0 Å². The van der Waals surface area contributed by atoms with Crippen molar-refractivity contribution >= 4 is 27.7 Å². The van der Waals surface area contributed by atoms with Crippen LogP contribution in [0.4, 0.5) is 0 Å². The van der Waals surface area contributed by atoms with Crippen LogP contribution in [-0.4, -0.2) is 25.0 Å². The highest BCUT2D eigenvalue weighted by Crippen LogP contribution is 2.25. The van der Waals surface area contributed by atoms with Gasteiger partial charge in [-0.1, -0.05) is 24.3 Å². The first-order valence-electron chi connectivity index (χ1n) is 8.02. The molecule has 2 aromatic rings. The Morgan fingerprint density at radius 2 is 1.50 bits per heavy atom. The summed E-state index contributed by atoms with van der Waals surface area (Å²) in [6.07, 6.45) is 0. The van der Waals surface area contributed by atoms with E-state index in [1.54, 1.807) is 6.07 Å². The van der Waals surface area contributed by atoms with E-state index in [-0.39, 0.29) is 13.2 Å². The zero-order chi connectivity index (χ0) is 19.1. The number of benzene rings is 2. The average Bonchev–Trinajstić information content (AvgIpc) is 2.58. The quantitative estimate of drug-likeness (QED) is 0.704. The van der Waals surface area contributed by atoms with Crippen molar-refractivity contribution in [3.8, 4) is 11.5 Å². The van der Waals surface area contributed by atoms with Crippen LogP contribution in [0.3, 0.4) is 0 Å². The maximum atomic E-state index is 11.8. The first-order chi connectivity index (χ1) is 12.4. The van der Waals surface area contributed by atoms with Crippen molar-refractivity contribution in [2.24, 2.45) is 0 Å². The van der Waals surface area contributed by atoms with E-state index in [0.29, 0.717) is 11.5 Å². The van der Waals surface area contributed by atoms with E-state index in [1.165, 1.54) is 0 Å². The Hall–Kier alpha value is -2.54. The molecule has 2 aromatic carbocycles. The number of nitrogens with one attached hydrogen (secondary N) is 2. The monoisotopic (exact) mass is 420 g/mol. The maximum absolute atomic E-state index is 11.8. The minimum atomic E-state index is -0.474. The number of carbonyl (C=O) groups is 2. The van der Waals surface area contributed by atoms with Crippen LogP contribution < -0.4 is 20.3 Å². The Kier molecular flexibility index (Phi) is 7.03. The summed E-state index contributed by atoms with van der Waals surface area (Å²) in [5.41, 5.74) is 7.55. The first-order valence-corrected chi connectivity index (χ1v) is 8.81. The molecule has 0 atom stereocenters. The Bertz CT molecular complexity index is 788. The minimum Gasteiger partial charge on any atom is -0.483 e. The predicted molar refractivity (Wildman–Crippen MR) is 102 cm³/mol. The summed E-state index contributed by atoms with van der Waals surface area (Å²) in [6, 6.07) is 11.3. The van der Waals surface area contributed by atoms with E-state index in [2.05, 4.69) is 26.8 Å². The van der Waals surface area contributed by atoms with Gasteiger partial charge in [0.1, 0.15) is 11.5 Å². The molecule has 0 saturated carbocycles. The number of hydrogen-bond acceptors (Lipinski definition) is 4. The Labute approximate surface area is 161 Å². The fraction of sp³-hybridized carbons (Fsp3) is 0.263. The van der Waals surface area contributed by atoms with Gasteiger partial charge >= 0.3 is 0 Å². The van der Waals surface area contributed by atoms with Crippen molar-refractivity contribution in [3.63, 3.8) is 0 Å². The first kappa shape index (κ1) is 19.8. The van der Waals surface area contributed by atoms with E-state index in [0.717, 1.165) is 21.2 Å². The van der Waals surface area contributed by atoms with Crippen LogP contribution in [-0.2, 0) is 9.59 Å². The standard InChI is InChI=1S/C19H21BrN2O4/c1-12-7-8-16(15(20)9-12)25-10-17(23)21-22-18(24)11-26-19-13(2)5-4-6-14(19)3/h4-9H,10-11H2,1-3H3,(H,21,23)(H,22,24). The number of hydrogen-bond donors (Lipinski definition) is 2. The summed E-state index contributed by atoms with van der Waals surface area (Å²) in [5.74, 6) is 0.285. The third kappa shape index (κ3) is 5.77. The second kappa shape index (κ2) is 9.24. The lowest BCUT2D eigenvalue weighted by atomic mass is 10.1. The summed E-state index contributed by atoms with van der Waals surface area (Å²) in [6.45, 7) is 5.35. The van der Waals surface area contributed by atoms with Crippen molar-refractivity contribution in [1.82, 2.24) is 10.9 Å². The molecule has 0 unspecified atom stereocenters. The van der Waals surface area contributed by atoms with E-state index in [4.69, 9.17) is 9.47 Å². The number of rotatable bonds is 6. The molecular weight excluding hydrogens is 400 g/mol. The van der Waals surface area contributed by atoms with Gasteiger partial charge < -0.3 is 9.47 Å². The van der Waals surface area contributed by atoms with Gasteiger partial charge in [-0.05, 0) is 65.5 Å². The SMILES string of the molecule is Cc1ccc(OCC(=O)NNC(=O)COc2c(C)cccc2C)c(Br)c1. The topological polar surface area (TPSA) is 76.7 Å². The van der Waals surface area contributed by atoms with Gasteiger partial charge in [0.15, 0.2) is 13.2 Å². The predicted octanol–water partition coefficient (Wildman–Crippen LogP) is 2.98. The largest absolute Gasteiger partial charge is 0.483 e. The lowest BCUT2D eigenvalue weighted by molar-refractivity contribution is -0.131. The van der Waals surface area contributed by atoms with Crippen LogP contribution in [0, 0.1) is 20.8 Å². The fourth-order valence-electron chi connectivity index (χ4n) is 2.24. The van der Waals surface area contributed by atoms with Crippen LogP contribution in [0.1, 0.15) is 16.7 Å². The lowest BCUT2D eigenvalue weighted by Gasteiger charge is -2.13. The molecule has 7 heteroatoms. The summed E-state index contributed by atoms with van der Waals surface area (Å²) >= 11 is 3.37. The molecule has 0 radical (unpaired) electrons. The number of carbonyl (C=O) groups excluding carboxylic acids is 2. The summed E-state index contributed by atoms with van der Waals surface area (Å²) < 4.78 is 11.7. The third-order valence-corrected chi connectivity index (χ3v) is 4.16. The van der Waals surface area contributed by atoms with E-state index in [9.17, 15) is 9.59 Å². The normalized spacial score (nSPS) is 10.2. The van der Waals surface area contributed by atoms with Crippen molar-refractivity contribution in [3.05, 3.63) is 57.6 Å². The summed E-state index contributed by atoms with van der Waals surface area (Å²) in [7, 11) is 0. The number of ether oxygens (including phenoxy) is 2. The second-order valence-electron chi connectivity index (χ2n) is 5.83. The Balaban J connectivity index is 1.74. The lowest BCUT2D eigenvalue weighted by Crippen LogP contribution is -2.45. The van der Waals surface area contributed by atoms with E-state index < -0.39 is 11.8 Å². The molecule has 26 heavy (non-hydrogen) atoms. The van der Waals surface area contributed by atoms with Gasteiger partial charge in [-0.3, -0.25) is 20.4 Å². The molecule has 0 aromatic heterocycles. The molecule has 0 saturated heterocycles. The van der Waals surface area contributed by atoms with Gasteiger partial charge in [0.25, 0.3) is 11.8 Å². The van der Waals surface area contributed by atoms with Gasteiger partial charge in [0.05, 0.1) is 4.47 Å². The molecule has 0 fully saturated rings. The van der Waals surface area contributed by atoms with Gasteiger partial charge in [-0.2, -0.15) is 0 Å². The molecule has 0 spiro atoms. The van der Waals surface area contributed by atoms with Gasteiger partial charge in [-0.15, -0.1) is 0 Å². The molecule has 0 aliphatic heterocycles. The molecule has 2 N–H and O–H groups in total. The van der Waals surface area contributed by atoms with Crippen molar-refractivity contribution < 1.29 is 19.1 Å². The van der Waals surface area contributed by atoms with Gasteiger partial charge in [0, 0.05) is 0 Å². The van der Waals surface area contributed by atoms with Crippen LogP contribution >= 0.6 is 15.9 Å². The Morgan fingerprint density at radius 1 is 0.923 bits per heavy atom. The number of amides is 2. The van der Waals surface area contributed by atoms with Crippen LogP contribution in [0.2, 0.25) is 0 Å². The molecule has 138 valence electrons. The Morgan fingerprint density at radius 3 is 2.08 bits per heavy atom. The highest BCUT2D eigenvalue weighted by Gasteiger charge is 2.10. The molecule has 0 aliphatic carbocycles. The summed E-state index contributed by atoms with van der Waals surface area (Å²) in [5, 5.41) is 0. The van der Waals surface area contributed by atoms with Crippen LogP contribution in [0.5, 0.6) is 11.5 Å². The average molecular weight is 421 g/mol. The number of aryl methyl sites for hydroxylation is 3. The molecule has 0 bridgehead atoms. The zero-order valence-electron chi connectivity index (χ0n) is 14.9. The van der Waals surface area contributed by atoms with E-state index in [1.807, 2.05) is 51.1 Å². The van der Waals surface area contributed by atoms with Crippen molar-refractivity contribution in [2.75, 3.05) is 13.2 Å². The molecule has 6 nitrogen and oxygen atoms in total.